The molecule has 0 bridgehead atoms. The molecule has 0 aliphatic carbocycles. The zero-order valence-corrected chi connectivity index (χ0v) is 14.6. The summed E-state index contributed by atoms with van der Waals surface area (Å²) < 4.78 is 4.98. The molecule has 27 heavy (non-hydrogen) atoms. The summed E-state index contributed by atoms with van der Waals surface area (Å²) in [4.78, 5) is 22.8. The first-order valence-corrected chi connectivity index (χ1v) is 8.39. The number of fused-ring (bicyclic) bond motifs is 1. The van der Waals surface area contributed by atoms with E-state index in [9.17, 15) is 20.0 Å². The van der Waals surface area contributed by atoms with Crippen LogP contribution < -0.4 is 5.32 Å². The van der Waals surface area contributed by atoms with E-state index in [0.29, 0.717) is 11.1 Å². The predicted octanol–water partition coefficient (Wildman–Crippen LogP) is 4.29. The maximum absolute atomic E-state index is 12.1. The zero-order chi connectivity index (χ0) is 19.4. The van der Waals surface area contributed by atoms with Gasteiger partial charge in [0.25, 0.3) is 5.69 Å². The molecule has 0 radical (unpaired) electrons. The Morgan fingerprint density at radius 2 is 1.96 bits per heavy atom. The van der Waals surface area contributed by atoms with E-state index >= 15 is 0 Å². The van der Waals surface area contributed by atoms with Crippen LogP contribution in [0.5, 0.6) is 5.75 Å². The van der Waals surface area contributed by atoms with E-state index in [-0.39, 0.29) is 18.0 Å². The Bertz CT molecular complexity index is 1000. The lowest BCUT2D eigenvalue weighted by molar-refractivity contribution is -0.384. The van der Waals surface area contributed by atoms with Gasteiger partial charge >= 0.3 is 6.09 Å². The number of phenols is 1. The first-order chi connectivity index (χ1) is 13.0. The number of amides is 1. The maximum atomic E-state index is 12.1. The third-order valence-corrected chi connectivity index (χ3v) is 4.19. The number of nitro benzene ring substituents is 1. The van der Waals surface area contributed by atoms with E-state index < -0.39 is 17.1 Å². The van der Waals surface area contributed by atoms with Gasteiger partial charge in [-0.2, -0.15) is 0 Å². The van der Waals surface area contributed by atoms with Crippen molar-refractivity contribution in [2.75, 3.05) is 6.61 Å². The summed E-state index contributed by atoms with van der Waals surface area (Å²) in [6.07, 6.45) is -0.679. The standard InChI is InChI=1S/C20H18N2O5/c1-2-27-20(24)21-19(14-7-5-8-15(12-14)22(25)26)18-16-9-4-3-6-13(16)10-11-17(18)23/h3-12,19,23H,2H2,1H3,(H,21,24). The van der Waals surface area contributed by atoms with Gasteiger partial charge in [-0.05, 0) is 29.3 Å². The van der Waals surface area contributed by atoms with Gasteiger partial charge in [-0.25, -0.2) is 4.79 Å². The van der Waals surface area contributed by atoms with E-state index in [1.807, 2.05) is 24.3 Å². The fourth-order valence-electron chi connectivity index (χ4n) is 3.02. The summed E-state index contributed by atoms with van der Waals surface area (Å²) in [5.41, 5.74) is 0.799. The van der Waals surface area contributed by atoms with Crippen LogP contribution in [0.1, 0.15) is 24.1 Å². The molecule has 0 aliphatic heterocycles. The lowest BCUT2D eigenvalue weighted by Gasteiger charge is -2.22. The van der Waals surface area contributed by atoms with Gasteiger partial charge < -0.3 is 15.2 Å². The van der Waals surface area contributed by atoms with Gasteiger partial charge in [0.1, 0.15) is 5.75 Å². The van der Waals surface area contributed by atoms with Crippen LogP contribution in [-0.2, 0) is 4.74 Å². The smallest absolute Gasteiger partial charge is 0.407 e. The Morgan fingerprint density at radius 1 is 1.19 bits per heavy atom. The molecule has 0 saturated carbocycles. The summed E-state index contributed by atoms with van der Waals surface area (Å²) in [6, 6.07) is 15.8. The maximum Gasteiger partial charge on any atom is 0.407 e. The number of hydrogen-bond acceptors (Lipinski definition) is 5. The molecule has 7 nitrogen and oxygen atoms in total. The van der Waals surface area contributed by atoms with Gasteiger partial charge in [-0.15, -0.1) is 0 Å². The van der Waals surface area contributed by atoms with Gasteiger partial charge in [0.2, 0.25) is 0 Å². The number of ether oxygens (including phenoxy) is 1. The number of rotatable bonds is 5. The minimum absolute atomic E-state index is 0.0259. The minimum Gasteiger partial charge on any atom is -0.508 e. The molecular weight excluding hydrogens is 348 g/mol. The van der Waals surface area contributed by atoms with Crippen molar-refractivity contribution in [2.24, 2.45) is 0 Å². The molecule has 0 saturated heterocycles. The predicted molar refractivity (Wildman–Crippen MR) is 101 cm³/mol. The van der Waals surface area contributed by atoms with Crippen LogP contribution in [0.25, 0.3) is 10.8 Å². The molecule has 0 aromatic heterocycles. The summed E-state index contributed by atoms with van der Waals surface area (Å²) in [6.45, 7) is 1.85. The fraction of sp³-hybridized carbons (Fsp3) is 0.150. The van der Waals surface area contributed by atoms with Crippen molar-refractivity contribution >= 4 is 22.6 Å². The highest BCUT2D eigenvalue weighted by Crippen LogP contribution is 2.36. The molecule has 3 aromatic rings. The molecule has 7 heteroatoms. The van der Waals surface area contributed by atoms with Crippen LogP contribution in [0.3, 0.4) is 0 Å². The van der Waals surface area contributed by atoms with Crippen LogP contribution >= 0.6 is 0 Å². The van der Waals surface area contributed by atoms with Crippen LogP contribution in [-0.4, -0.2) is 22.7 Å². The number of hydrogen-bond donors (Lipinski definition) is 2. The zero-order valence-electron chi connectivity index (χ0n) is 14.6. The van der Waals surface area contributed by atoms with Crippen molar-refractivity contribution in [3.05, 3.63) is 81.9 Å². The number of aromatic hydroxyl groups is 1. The van der Waals surface area contributed by atoms with Crippen molar-refractivity contribution in [1.82, 2.24) is 5.32 Å². The number of nitro groups is 1. The van der Waals surface area contributed by atoms with E-state index in [1.165, 1.54) is 24.3 Å². The van der Waals surface area contributed by atoms with Gasteiger partial charge in [0, 0.05) is 17.7 Å². The average Bonchev–Trinajstić information content (AvgIpc) is 2.67. The van der Waals surface area contributed by atoms with Crippen molar-refractivity contribution < 1.29 is 19.6 Å². The minimum atomic E-state index is -0.824. The number of carbonyl (C=O) groups is 1. The summed E-state index contributed by atoms with van der Waals surface area (Å²) in [5.74, 6) is -0.0259. The van der Waals surface area contributed by atoms with Crippen molar-refractivity contribution in [2.45, 2.75) is 13.0 Å². The van der Waals surface area contributed by atoms with E-state index in [1.54, 1.807) is 19.1 Å². The molecule has 1 atom stereocenters. The Balaban J connectivity index is 2.19. The molecule has 0 spiro atoms. The summed E-state index contributed by atoms with van der Waals surface area (Å²) in [5, 5.41) is 26.0. The quantitative estimate of drug-likeness (QED) is 0.518. The number of benzene rings is 3. The van der Waals surface area contributed by atoms with Crippen molar-refractivity contribution in [3.8, 4) is 5.75 Å². The van der Waals surface area contributed by atoms with Crippen molar-refractivity contribution in [3.63, 3.8) is 0 Å². The first-order valence-electron chi connectivity index (χ1n) is 8.39. The van der Waals surface area contributed by atoms with Crippen LogP contribution in [0.4, 0.5) is 10.5 Å². The highest BCUT2D eigenvalue weighted by molar-refractivity contribution is 5.89. The second-order valence-corrected chi connectivity index (χ2v) is 5.87. The van der Waals surface area contributed by atoms with Gasteiger partial charge in [-0.3, -0.25) is 10.1 Å². The second kappa shape index (κ2) is 7.74. The Hall–Kier alpha value is -3.61. The van der Waals surface area contributed by atoms with Gasteiger partial charge in [-0.1, -0.05) is 42.5 Å². The molecule has 1 unspecified atom stereocenters. The molecule has 0 heterocycles. The van der Waals surface area contributed by atoms with Crippen LogP contribution in [0, 0.1) is 10.1 Å². The molecule has 1 amide bonds. The van der Waals surface area contributed by atoms with Crippen LogP contribution in [0.15, 0.2) is 60.7 Å². The van der Waals surface area contributed by atoms with Gasteiger partial charge in [0.15, 0.2) is 0 Å². The Morgan fingerprint density at radius 3 is 2.70 bits per heavy atom. The SMILES string of the molecule is CCOC(=O)NC(c1cccc([N+](=O)[O-])c1)c1c(O)ccc2ccccc12. The third-order valence-electron chi connectivity index (χ3n) is 4.19. The number of nitrogens with zero attached hydrogens (tertiary/aromatic N) is 1. The summed E-state index contributed by atoms with van der Waals surface area (Å²) in [7, 11) is 0. The van der Waals surface area contributed by atoms with E-state index in [4.69, 9.17) is 4.74 Å². The third kappa shape index (κ3) is 3.82. The average molecular weight is 366 g/mol. The van der Waals surface area contributed by atoms with E-state index in [0.717, 1.165) is 10.8 Å². The van der Waals surface area contributed by atoms with Gasteiger partial charge in [0.05, 0.1) is 17.6 Å². The van der Waals surface area contributed by atoms with Crippen LogP contribution in [0.2, 0.25) is 0 Å². The monoisotopic (exact) mass is 366 g/mol. The van der Waals surface area contributed by atoms with Crippen molar-refractivity contribution in [1.29, 1.82) is 0 Å². The highest BCUT2D eigenvalue weighted by atomic mass is 16.6. The lowest BCUT2D eigenvalue weighted by atomic mass is 9.92. The number of carbonyl (C=O) groups excluding carboxylic acids is 1. The lowest BCUT2D eigenvalue weighted by Crippen LogP contribution is -2.30. The molecule has 3 aromatic carbocycles. The molecule has 0 fully saturated rings. The van der Waals surface area contributed by atoms with E-state index in [2.05, 4.69) is 5.32 Å². The Kier molecular flexibility index (Phi) is 5.21. The number of alkyl carbamates (subject to hydrolysis) is 1. The number of nitrogens with one attached hydrogen (secondary N) is 1. The second-order valence-electron chi connectivity index (χ2n) is 5.87. The number of phenolic OH excluding ortho intramolecular Hbond substituents is 1. The fourth-order valence-corrected chi connectivity index (χ4v) is 3.02. The largest absolute Gasteiger partial charge is 0.508 e. The normalized spacial score (nSPS) is 11.7. The molecule has 0 aliphatic rings. The Labute approximate surface area is 155 Å². The molecule has 2 N–H and O–H groups in total. The molecule has 3 rings (SSSR count). The molecule has 138 valence electrons. The highest BCUT2D eigenvalue weighted by Gasteiger charge is 2.24. The topological polar surface area (TPSA) is 102 Å². The molecular formula is C20H18N2O5. The summed E-state index contributed by atoms with van der Waals surface area (Å²) >= 11 is 0. The number of non-ortho nitro benzene ring substituents is 1. The first kappa shape index (κ1) is 18.2.